The normalized spacial score (nSPS) is 14.3. The van der Waals surface area contributed by atoms with Crippen molar-refractivity contribution < 1.29 is 9.53 Å². The summed E-state index contributed by atoms with van der Waals surface area (Å²) in [6, 6.07) is 0. The summed E-state index contributed by atoms with van der Waals surface area (Å²) in [6.07, 6.45) is 3.37. The molecule has 2 nitrogen and oxygen atoms in total. The SMILES string of the molecule is COC(=O)c1c(C)sc2c1CCC2. The number of hydrogen-bond acceptors (Lipinski definition) is 3. The van der Waals surface area contributed by atoms with Gasteiger partial charge in [-0.2, -0.15) is 0 Å². The molecule has 0 saturated heterocycles. The third-order valence-corrected chi connectivity index (χ3v) is 3.69. The topological polar surface area (TPSA) is 26.3 Å². The summed E-state index contributed by atoms with van der Waals surface area (Å²) in [5.74, 6) is -0.170. The summed E-state index contributed by atoms with van der Waals surface area (Å²) in [6.45, 7) is 2.00. The second kappa shape index (κ2) is 3.14. The number of hydrogen-bond donors (Lipinski definition) is 0. The molecule has 0 unspecified atom stereocenters. The van der Waals surface area contributed by atoms with E-state index in [9.17, 15) is 4.79 Å². The molecule has 0 bridgehead atoms. The third kappa shape index (κ3) is 1.27. The number of methoxy groups -OCH3 is 1. The lowest BCUT2D eigenvalue weighted by Crippen LogP contribution is -2.04. The van der Waals surface area contributed by atoms with Crippen molar-refractivity contribution in [3.05, 3.63) is 20.9 Å². The van der Waals surface area contributed by atoms with Crippen molar-refractivity contribution in [2.75, 3.05) is 7.11 Å². The fourth-order valence-electron chi connectivity index (χ4n) is 1.91. The molecular weight excluding hydrogens is 184 g/mol. The number of ether oxygens (including phenoxy) is 1. The highest BCUT2D eigenvalue weighted by Crippen LogP contribution is 2.35. The largest absolute Gasteiger partial charge is 0.465 e. The highest BCUT2D eigenvalue weighted by atomic mass is 32.1. The number of fused-ring (bicyclic) bond motifs is 1. The third-order valence-electron chi connectivity index (χ3n) is 2.49. The van der Waals surface area contributed by atoms with Crippen LogP contribution in [0.5, 0.6) is 0 Å². The monoisotopic (exact) mass is 196 g/mol. The Hall–Kier alpha value is -0.830. The fourth-order valence-corrected chi connectivity index (χ4v) is 3.16. The first-order chi connectivity index (χ1) is 6.24. The van der Waals surface area contributed by atoms with Gasteiger partial charge in [-0.15, -0.1) is 11.3 Å². The fraction of sp³-hybridized carbons (Fsp3) is 0.500. The smallest absolute Gasteiger partial charge is 0.339 e. The van der Waals surface area contributed by atoms with Gasteiger partial charge in [-0.3, -0.25) is 0 Å². The highest BCUT2D eigenvalue weighted by Gasteiger charge is 2.24. The molecular formula is C10H12O2S. The average molecular weight is 196 g/mol. The standard InChI is InChI=1S/C10H12O2S/c1-6-9(10(11)12-2)7-4-3-5-8(7)13-6/h3-5H2,1-2H3. The van der Waals surface area contributed by atoms with Gasteiger partial charge in [0.2, 0.25) is 0 Å². The van der Waals surface area contributed by atoms with Crippen LogP contribution in [0.15, 0.2) is 0 Å². The van der Waals surface area contributed by atoms with E-state index in [1.165, 1.54) is 24.0 Å². The van der Waals surface area contributed by atoms with E-state index in [1.807, 2.05) is 6.92 Å². The van der Waals surface area contributed by atoms with Gasteiger partial charge in [0.05, 0.1) is 12.7 Å². The van der Waals surface area contributed by atoms with E-state index in [2.05, 4.69) is 0 Å². The van der Waals surface area contributed by atoms with Gasteiger partial charge in [-0.1, -0.05) is 0 Å². The lowest BCUT2D eigenvalue weighted by molar-refractivity contribution is 0.0599. The highest BCUT2D eigenvalue weighted by molar-refractivity contribution is 7.12. The molecule has 0 aromatic carbocycles. The second-order valence-corrected chi connectivity index (χ2v) is 4.59. The van der Waals surface area contributed by atoms with Crippen molar-refractivity contribution in [1.29, 1.82) is 0 Å². The average Bonchev–Trinajstić information content (AvgIpc) is 2.62. The minimum atomic E-state index is -0.170. The maximum atomic E-state index is 11.4. The van der Waals surface area contributed by atoms with Gasteiger partial charge in [-0.05, 0) is 31.7 Å². The Morgan fingerprint density at radius 3 is 2.92 bits per heavy atom. The van der Waals surface area contributed by atoms with Gasteiger partial charge in [0.1, 0.15) is 0 Å². The molecule has 2 rings (SSSR count). The van der Waals surface area contributed by atoms with Crippen molar-refractivity contribution in [2.45, 2.75) is 26.2 Å². The molecule has 0 aliphatic heterocycles. The van der Waals surface area contributed by atoms with Crippen LogP contribution in [0.1, 0.15) is 32.1 Å². The van der Waals surface area contributed by atoms with E-state index in [0.29, 0.717) is 0 Å². The Morgan fingerprint density at radius 2 is 2.23 bits per heavy atom. The predicted octanol–water partition coefficient (Wildman–Crippen LogP) is 2.33. The zero-order valence-electron chi connectivity index (χ0n) is 7.85. The summed E-state index contributed by atoms with van der Waals surface area (Å²) in [7, 11) is 1.45. The van der Waals surface area contributed by atoms with Gasteiger partial charge in [-0.25, -0.2) is 4.79 Å². The summed E-state index contributed by atoms with van der Waals surface area (Å²) in [5.41, 5.74) is 2.08. The molecule has 0 atom stereocenters. The van der Waals surface area contributed by atoms with Gasteiger partial charge in [0.25, 0.3) is 0 Å². The van der Waals surface area contributed by atoms with Crippen LogP contribution in [0.2, 0.25) is 0 Å². The molecule has 0 amide bonds. The summed E-state index contributed by atoms with van der Waals surface area (Å²) in [4.78, 5) is 13.9. The first-order valence-corrected chi connectivity index (χ1v) is 5.25. The van der Waals surface area contributed by atoms with Crippen LogP contribution in [0.4, 0.5) is 0 Å². The van der Waals surface area contributed by atoms with Crippen molar-refractivity contribution >= 4 is 17.3 Å². The molecule has 70 valence electrons. The van der Waals surface area contributed by atoms with Crippen LogP contribution in [-0.4, -0.2) is 13.1 Å². The zero-order valence-corrected chi connectivity index (χ0v) is 8.66. The van der Waals surface area contributed by atoms with Crippen LogP contribution in [0.25, 0.3) is 0 Å². The number of rotatable bonds is 1. The molecule has 3 heteroatoms. The molecule has 1 heterocycles. The minimum absolute atomic E-state index is 0.170. The van der Waals surface area contributed by atoms with Crippen molar-refractivity contribution in [3.63, 3.8) is 0 Å². The quantitative estimate of drug-likeness (QED) is 0.644. The molecule has 0 radical (unpaired) electrons. The van der Waals surface area contributed by atoms with E-state index < -0.39 is 0 Å². The maximum absolute atomic E-state index is 11.4. The van der Waals surface area contributed by atoms with Crippen LogP contribution >= 0.6 is 11.3 Å². The van der Waals surface area contributed by atoms with Gasteiger partial charge in [0.15, 0.2) is 0 Å². The van der Waals surface area contributed by atoms with Gasteiger partial charge in [0, 0.05) is 9.75 Å². The second-order valence-electron chi connectivity index (χ2n) is 3.28. The molecule has 0 spiro atoms. The van der Waals surface area contributed by atoms with Gasteiger partial charge >= 0.3 is 5.97 Å². The first kappa shape index (κ1) is 8.75. The van der Waals surface area contributed by atoms with Crippen LogP contribution in [0.3, 0.4) is 0 Å². The molecule has 13 heavy (non-hydrogen) atoms. The van der Waals surface area contributed by atoms with E-state index in [1.54, 1.807) is 11.3 Å². The molecule has 0 saturated carbocycles. The Balaban J connectivity index is 2.50. The molecule has 0 N–H and O–H groups in total. The Morgan fingerprint density at radius 1 is 1.46 bits per heavy atom. The molecule has 1 aromatic rings. The van der Waals surface area contributed by atoms with Crippen molar-refractivity contribution in [3.8, 4) is 0 Å². The molecule has 1 aliphatic carbocycles. The Labute approximate surface area is 81.5 Å². The number of aryl methyl sites for hydroxylation is 2. The minimum Gasteiger partial charge on any atom is -0.465 e. The Bertz CT molecular complexity index is 352. The van der Waals surface area contributed by atoms with Crippen molar-refractivity contribution in [2.24, 2.45) is 0 Å². The van der Waals surface area contributed by atoms with E-state index in [0.717, 1.165) is 23.3 Å². The molecule has 1 aromatic heterocycles. The number of carbonyl (C=O) groups is 1. The molecule has 1 aliphatic rings. The zero-order chi connectivity index (χ0) is 9.42. The van der Waals surface area contributed by atoms with E-state index in [4.69, 9.17) is 4.74 Å². The van der Waals surface area contributed by atoms with Crippen molar-refractivity contribution in [1.82, 2.24) is 0 Å². The number of carbonyl (C=O) groups excluding carboxylic acids is 1. The number of thiophene rings is 1. The maximum Gasteiger partial charge on any atom is 0.339 e. The number of esters is 1. The Kier molecular flexibility index (Phi) is 2.12. The van der Waals surface area contributed by atoms with Crippen LogP contribution in [0, 0.1) is 6.92 Å². The van der Waals surface area contributed by atoms with E-state index >= 15 is 0 Å². The predicted molar refractivity (Wildman–Crippen MR) is 52.4 cm³/mol. The first-order valence-electron chi connectivity index (χ1n) is 4.43. The summed E-state index contributed by atoms with van der Waals surface area (Å²) < 4.78 is 4.77. The van der Waals surface area contributed by atoms with Crippen LogP contribution in [-0.2, 0) is 17.6 Å². The molecule has 0 fully saturated rings. The lowest BCUT2D eigenvalue weighted by Gasteiger charge is -2.00. The summed E-state index contributed by atoms with van der Waals surface area (Å²) >= 11 is 1.75. The van der Waals surface area contributed by atoms with Gasteiger partial charge < -0.3 is 4.74 Å². The summed E-state index contributed by atoms with van der Waals surface area (Å²) in [5, 5.41) is 0. The lowest BCUT2D eigenvalue weighted by atomic mass is 10.1. The van der Waals surface area contributed by atoms with E-state index in [-0.39, 0.29) is 5.97 Å². The van der Waals surface area contributed by atoms with Crippen LogP contribution < -0.4 is 0 Å².